The van der Waals surface area contributed by atoms with Crippen LogP contribution < -0.4 is 5.32 Å². The van der Waals surface area contributed by atoms with Gasteiger partial charge in [-0.25, -0.2) is 0 Å². The lowest BCUT2D eigenvalue weighted by atomic mass is 9.44. The fourth-order valence-electron chi connectivity index (χ4n) is 9.88. The van der Waals surface area contributed by atoms with Crippen molar-refractivity contribution < 1.29 is 4.79 Å². The van der Waals surface area contributed by atoms with Gasteiger partial charge in [-0.3, -0.25) is 4.79 Å². The van der Waals surface area contributed by atoms with E-state index in [1.54, 1.807) is 6.92 Å². The Morgan fingerprint density at radius 1 is 0.871 bits per heavy atom. The molecule has 1 N–H and O–H groups in total. The second kappa shape index (κ2) is 9.02. The molecule has 4 saturated carbocycles. The van der Waals surface area contributed by atoms with Crippen molar-refractivity contribution in [1.82, 2.24) is 5.32 Å². The van der Waals surface area contributed by atoms with E-state index in [0.29, 0.717) is 22.8 Å². The molecule has 0 aromatic heterocycles. The van der Waals surface area contributed by atoms with Gasteiger partial charge in [-0.1, -0.05) is 60.3 Å². The van der Waals surface area contributed by atoms with Crippen molar-refractivity contribution in [3.05, 3.63) is 0 Å². The zero-order chi connectivity index (χ0) is 22.4. The number of hydrogen-bond acceptors (Lipinski definition) is 1. The van der Waals surface area contributed by atoms with Crippen LogP contribution in [0.1, 0.15) is 119 Å². The van der Waals surface area contributed by atoms with Crippen molar-refractivity contribution in [3.8, 4) is 0 Å². The Morgan fingerprint density at radius 3 is 2.29 bits per heavy atom. The average Bonchev–Trinajstić information content (AvgIpc) is 3.04. The summed E-state index contributed by atoms with van der Waals surface area (Å²) < 4.78 is 0. The summed E-state index contributed by atoms with van der Waals surface area (Å²) in [6, 6.07) is 0.433. The maximum atomic E-state index is 11.9. The Bertz CT molecular complexity index is 643. The molecule has 9 atom stereocenters. The molecule has 178 valence electrons. The smallest absolute Gasteiger partial charge is 0.217 e. The monoisotopic (exact) mass is 429 g/mol. The van der Waals surface area contributed by atoms with Crippen LogP contribution in [0.3, 0.4) is 0 Å². The van der Waals surface area contributed by atoms with Crippen molar-refractivity contribution in [2.24, 2.45) is 52.3 Å². The first kappa shape index (κ1) is 23.6. The molecular formula is C29H51NO. The summed E-state index contributed by atoms with van der Waals surface area (Å²) in [4.78, 5) is 11.9. The van der Waals surface area contributed by atoms with Crippen molar-refractivity contribution in [1.29, 1.82) is 0 Å². The zero-order valence-electron chi connectivity index (χ0n) is 21.5. The number of carbonyl (C=O) groups excluding carboxylic acids is 1. The highest BCUT2D eigenvalue weighted by molar-refractivity contribution is 5.73. The molecule has 2 nitrogen and oxygen atoms in total. The Kier molecular flexibility index (Phi) is 6.87. The van der Waals surface area contributed by atoms with E-state index >= 15 is 0 Å². The molecule has 1 amide bonds. The first-order valence-electron chi connectivity index (χ1n) is 13.9. The molecule has 4 aliphatic rings. The molecule has 0 aromatic carbocycles. The van der Waals surface area contributed by atoms with Crippen LogP contribution in [0.5, 0.6) is 0 Å². The maximum Gasteiger partial charge on any atom is 0.217 e. The number of fused-ring (bicyclic) bond motifs is 5. The molecule has 4 rings (SSSR count). The minimum Gasteiger partial charge on any atom is -0.353 e. The largest absolute Gasteiger partial charge is 0.353 e. The predicted octanol–water partition coefficient (Wildman–Crippen LogP) is 7.61. The molecule has 4 fully saturated rings. The second-order valence-corrected chi connectivity index (χ2v) is 13.3. The third kappa shape index (κ3) is 4.23. The minimum atomic E-state index is 0.178. The fraction of sp³-hybridized carbons (Fsp3) is 0.966. The minimum absolute atomic E-state index is 0.178. The summed E-state index contributed by atoms with van der Waals surface area (Å²) in [7, 11) is 0. The topological polar surface area (TPSA) is 29.1 Å². The number of hydrogen-bond donors (Lipinski definition) is 1. The summed E-state index contributed by atoms with van der Waals surface area (Å²) in [6.45, 7) is 14.4. The Morgan fingerprint density at radius 2 is 1.58 bits per heavy atom. The highest BCUT2D eigenvalue weighted by Crippen LogP contribution is 2.68. The van der Waals surface area contributed by atoms with Gasteiger partial charge < -0.3 is 5.32 Å². The summed E-state index contributed by atoms with van der Waals surface area (Å²) in [5, 5.41) is 3.37. The van der Waals surface area contributed by atoms with Gasteiger partial charge in [0.05, 0.1) is 0 Å². The molecule has 0 aromatic rings. The number of rotatable bonds is 6. The first-order valence-corrected chi connectivity index (χ1v) is 13.9. The molecular weight excluding hydrogens is 378 g/mol. The average molecular weight is 430 g/mol. The molecule has 0 spiro atoms. The van der Waals surface area contributed by atoms with Crippen LogP contribution in [0, 0.1) is 52.3 Å². The van der Waals surface area contributed by atoms with Crippen LogP contribution >= 0.6 is 0 Å². The second-order valence-electron chi connectivity index (χ2n) is 13.3. The molecule has 0 radical (unpaired) electrons. The van der Waals surface area contributed by atoms with Gasteiger partial charge in [-0.15, -0.1) is 0 Å². The summed E-state index contributed by atoms with van der Waals surface area (Å²) in [5.74, 6) is 6.40. The van der Waals surface area contributed by atoms with Crippen LogP contribution in [-0.4, -0.2) is 11.9 Å². The Hall–Kier alpha value is -0.530. The lowest BCUT2D eigenvalue weighted by Crippen LogP contribution is -2.58. The zero-order valence-corrected chi connectivity index (χ0v) is 21.5. The van der Waals surface area contributed by atoms with Crippen LogP contribution in [0.25, 0.3) is 0 Å². The molecule has 0 saturated heterocycles. The quantitative estimate of drug-likeness (QED) is 0.462. The van der Waals surface area contributed by atoms with Gasteiger partial charge in [0.1, 0.15) is 0 Å². The van der Waals surface area contributed by atoms with Gasteiger partial charge >= 0.3 is 0 Å². The number of amides is 1. The van der Waals surface area contributed by atoms with Crippen LogP contribution in [0.2, 0.25) is 0 Å². The van der Waals surface area contributed by atoms with E-state index in [9.17, 15) is 4.79 Å². The van der Waals surface area contributed by atoms with Crippen LogP contribution in [0.4, 0.5) is 0 Å². The Balaban J connectivity index is 1.47. The summed E-state index contributed by atoms with van der Waals surface area (Å²) in [6.07, 6.45) is 16.8. The normalized spacial score (nSPS) is 45.5. The van der Waals surface area contributed by atoms with Gasteiger partial charge in [-0.05, 0) is 104 Å². The third-order valence-corrected chi connectivity index (χ3v) is 11.2. The summed E-state index contributed by atoms with van der Waals surface area (Å²) >= 11 is 0. The van der Waals surface area contributed by atoms with Crippen LogP contribution in [0.15, 0.2) is 0 Å². The van der Waals surface area contributed by atoms with E-state index in [1.165, 1.54) is 77.0 Å². The molecule has 2 heteroatoms. The molecule has 0 aliphatic heterocycles. The molecule has 0 bridgehead atoms. The first-order chi connectivity index (χ1) is 14.7. The highest BCUT2D eigenvalue weighted by atomic mass is 16.1. The van der Waals surface area contributed by atoms with Crippen molar-refractivity contribution in [3.63, 3.8) is 0 Å². The maximum absolute atomic E-state index is 11.9. The molecule has 4 aliphatic carbocycles. The third-order valence-electron chi connectivity index (χ3n) is 11.2. The fourth-order valence-corrected chi connectivity index (χ4v) is 9.88. The predicted molar refractivity (Wildman–Crippen MR) is 131 cm³/mol. The van der Waals surface area contributed by atoms with Crippen LogP contribution in [-0.2, 0) is 4.79 Å². The van der Waals surface area contributed by atoms with E-state index in [2.05, 4.69) is 39.9 Å². The molecule has 9 unspecified atom stereocenters. The summed E-state index contributed by atoms with van der Waals surface area (Å²) in [5.41, 5.74) is 1.05. The lowest BCUT2D eigenvalue weighted by Gasteiger charge is -2.62. The standard InChI is InChI=1S/C29H51NO/c1-19(2)9-7-10-20(3)23-14-15-24-22-12-13-26-27(30-21(4)31)11-8-17-28(26,5)25(22)16-18-29(23,24)6/h19-20,22-27H,7-18H2,1-6H3,(H,30,31). The SMILES string of the molecule is CC(=O)NC1CCCC2(C)C1CCC1C3CCC(C(C)CCCC(C)C)C3(C)CCC12. The highest BCUT2D eigenvalue weighted by Gasteiger charge is 2.61. The van der Waals surface area contributed by atoms with Gasteiger partial charge in [-0.2, -0.15) is 0 Å². The van der Waals surface area contributed by atoms with E-state index in [4.69, 9.17) is 0 Å². The number of nitrogens with one attached hydrogen (secondary N) is 1. The van der Waals surface area contributed by atoms with Gasteiger partial charge in [0.15, 0.2) is 0 Å². The van der Waals surface area contributed by atoms with E-state index in [0.717, 1.165) is 35.5 Å². The Labute approximate surface area is 193 Å². The lowest BCUT2D eigenvalue weighted by molar-refractivity contribution is -0.131. The molecule has 31 heavy (non-hydrogen) atoms. The van der Waals surface area contributed by atoms with Gasteiger partial charge in [0.2, 0.25) is 5.91 Å². The van der Waals surface area contributed by atoms with Crippen molar-refractivity contribution in [2.75, 3.05) is 0 Å². The van der Waals surface area contributed by atoms with E-state index < -0.39 is 0 Å². The molecule has 0 heterocycles. The van der Waals surface area contributed by atoms with Gasteiger partial charge in [0.25, 0.3) is 0 Å². The number of carbonyl (C=O) groups is 1. The van der Waals surface area contributed by atoms with E-state index in [1.807, 2.05) is 0 Å². The van der Waals surface area contributed by atoms with Gasteiger partial charge in [0, 0.05) is 13.0 Å². The van der Waals surface area contributed by atoms with Crippen molar-refractivity contribution in [2.45, 2.75) is 125 Å². The van der Waals surface area contributed by atoms with E-state index in [-0.39, 0.29) is 5.91 Å². The van der Waals surface area contributed by atoms with Crippen molar-refractivity contribution >= 4 is 5.91 Å².